The van der Waals surface area contributed by atoms with Crippen molar-refractivity contribution in [2.75, 3.05) is 5.32 Å². The number of pyridine rings is 1. The fourth-order valence-electron chi connectivity index (χ4n) is 2.16. The van der Waals surface area contributed by atoms with Gasteiger partial charge in [0.2, 0.25) is 0 Å². The standard InChI is InChI=1S/C15H12ClN5/c1-21-15-12(9-20-21)14(4-5-18-15)19-8-10-2-3-11(7-17)13(16)6-10/h2-6,9H,8H2,1H3,(H,18,19). The van der Waals surface area contributed by atoms with E-state index >= 15 is 0 Å². The first kappa shape index (κ1) is 13.4. The van der Waals surface area contributed by atoms with E-state index < -0.39 is 0 Å². The van der Waals surface area contributed by atoms with Gasteiger partial charge in [-0.2, -0.15) is 10.4 Å². The van der Waals surface area contributed by atoms with Gasteiger partial charge in [0.05, 0.1) is 22.2 Å². The minimum atomic E-state index is 0.470. The summed E-state index contributed by atoms with van der Waals surface area (Å²) < 4.78 is 1.74. The molecule has 3 aromatic rings. The molecule has 0 bridgehead atoms. The molecule has 1 aromatic carbocycles. The maximum Gasteiger partial charge on any atom is 0.159 e. The minimum Gasteiger partial charge on any atom is -0.380 e. The first-order valence-corrected chi connectivity index (χ1v) is 6.76. The quantitative estimate of drug-likeness (QED) is 0.806. The van der Waals surface area contributed by atoms with Crippen LogP contribution in [0.4, 0.5) is 5.69 Å². The molecule has 104 valence electrons. The normalized spacial score (nSPS) is 10.5. The van der Waals surface area contributed by atoms with E-state index in [0.717, 1.165) is 22.3 Å². The van der Waals surface area contributed by atoms with Crippen LogP contribution in [0.15, 0.2) is 36.7 Å². The summed E-state index contributed by atoms with van der Waals surface area (Å²) in [4.78, 5) is 4.30. The fourth-order valence-corrected chi connectivity index (χ4v) is 2.40. The monoisotopic (exact) mass is 297 g/mol. The highest BCUT2D eigenvalue weighted by molar-refractivity contribution is 6.31. The average Bonchev–Trinajstić information content (AvgIpc) is 2.87. The van der Waals surface area contributed by atoms with E-state index in [0.29, 0.717) is 17.1 Å². The minimum absolute atomic E-state index is 0.470. The van der Waals surface area contributed by atoms with Crippen molar-refractivity contribution >= 4 is 28.3 Å². The molecule has 0 atom stereocenters. The number of hydrogen-bond acceptors (Lipinski definition) is 4. The molecule has 0 aliphatic heterocycles. The first-order valence-electron chi connectivity index (χ1n) is 6.38. The molecule has 2 aromatic heterocycles. The molecule has 2 heterocycles. The van der Waals surface area contributed by atoms with Gasteiger partial charge >= 0.3 is 0 Å². The largest absolute Gasteiger partial charge is 0.380 e. The lowest BCUT2D eigenvalue weighted by atomic mass is 10.1. The second-order valence-electron chi connectivity index (χ2n) is 4.64. The van der Waals surface area contributed by atoms with Crippen LogP contribution < -0.4 is 5.32 Å². The molecule has 3 rings (SSSR count). The molecule has 5 nitrogen and oxygen atoms in total. The van der Waals surface area contributed by atoms with E-state index in [2.05, 4.69) is 21.5 Å². The molecule has 0 spiro atoms. The van der Waals surface area contributed by atoms with Crippen LogP contribution in [0, 0.1) is 11.3 Å². The Morgan fingerprint density at radius 2 is 2.24 bits per heavy atom. The van der Waals surface area contributed by atoms with Crippen molar-refractivity contribution in [3.63, 3.8) is 0 Å². The molecular weight excluding hydrogens is 286 g/mol. The third-order valence-electron chi connectivity index (χ3n) is 3.27. The molecule has 0 aliphatic carbocycles. The Morgan fingerprint density at radius 1 is 1.38 bits per heavy atom. The van der Waals surface area contributed by atoms with Crippen molar-refractivity contribution < 1.29 is 0 Å². The van der Waals surface area contributed by atoms with Gasteiger partial charge in [-0.3, -0.25) is 4.68 Å². The highest BCUT2D eigenvalue weighted by atomic mass is 35.5. The Kier molecular flexibility index (Phi) is 3.46. The van der Waals surface area contributed by atoms with Crippen molar-refractivity contribution in [3.8, 4) is 6.07 Å². The number of fused-ring (bicyclic) bond motifs is 1. The van der Waals surface area contributed by atoms with Gasteiger partial charge in [0.15, 0.2) is 5.65 Å². The highest BCUT2D eigenvalue weighted by Crippen LogP contribution is 2.22. The molecule has 0 radical (unpaired) electrons. The Morgan fingerprint density at radius 3 is 3.00 bits per heavy atom. The lowest BCUT2D eigenvalue weighted by molar-refractivity contribution is 0.786. The van der Waals surface area contributed by atoms with Gasteiger partial charge in [0.1, 0.15) is 6.07 Å². The Bertz CT molecular complexity index is 847. The van der Waals surface area contributed by atoms with Crippen molar-refractivity contribution in [2.24, 2.45) is 7.05 Å². The van der Waals surface area contributed by atoms with Crippen LogP contribution in [-0.2, 0) is 13.6 Å². The maximum atomic E-state index is 8.87. The van der Waals surface area contributed by atoms with Crippen molar-refractivity contribution in [3.05, 3.63) is 52.8 Å². The number of nitrogens with one attached hydrogen (secondary N) is 1. The third kappa shape index (κ3) is 2.54. The number of halogens is 1. The van der Waals surface area contributed by atoms with Gasteiger partial charge in [-0.1, -0.05) is 17.7 Å². The van der Waals surface area contributed by atoms with E-state index in [1.807, 2.05) is 19.2 Å². The van der Waals surface area contributed by atoms with Crippen LogP contribution >= 0.6 is 11.6 Å². The van der Waals surface area contributed by atoms with E-state index in [4.69, 9.17) is 16.9 Å². The summed E-state index contributed by atoms with van der Waals surface area (Å²) in [7, 11) is 1.86. The van der Waals surface area contributed by atoms with Gasteiger partial charge < -0.3 is 5.32 Å². The van der Waals surface area contributed by atoms with Crippen LogP contribution in [-0.4, -0.2) is 14.8 Å². The fraction of sp³-hybridized carbons (Fsp3) is 0.133. The van der Waals surface area contributed by atoms with Crippen molar-refractivity contribution in [1.82, 2.24) is 14.8 Å². The van der Waals surface area contributed by atoms with Crippen LogP contribution in [0.2, 0.25) is 5.02 Å². The number of aromatic nitrogens is 3. The molecule has 0 saturated heterocycles. The van der Waals surface area contributed by atoms with E-state index in [1.54, 1.807) is 29.2 Å². The van der Waals surface area contributed by atoms with Crippen LogP contribution in [0.5, 0.6) is 0 Å². The van der Waals surface area contributed by atoms with Crippen LogP contribution in [0.3, 0.4) is 0 Å². The van der Waals surface area contributed by atoms with Crippen molar-refractivity contribution in [1.29, 1.82) is 5.26 Å². The summed E-state index contributed by atoms with van der Waals surface area (Å²) in [6, 6.07) is 9.38. The number of aryl methyl sites for hydroxylation is 1. The smallest absolute Gasteiger partial charge is 0.159 e. The summed E-state index contributed by atoms with van der Waals surface area (Å²) >= 11 is 6.04. The Hall–Kier alpha value is -2.58. The molecule has 0 aliphatic rings. The molecular formula is C15H12ClN5. The zero-order chi connectivity index (χ0) is 14.8. The Labute approximate surface area is 126 Å². The summed E-state index contributed by atoms with van der Waals surface area (Å²) in [5.74, 6) is 0. The second-order valence-corrected chi connectivity index (χ2v) is 5.05. The number of anilines is 1. The van der Waals surface area contributed by atoms with E-state index in [1.165, 1.54) is 0 Å². The average molecular weight is 298 g/mol. The number of nitriles is 1. The van der Waals surface area contributed by atoms with Gasteiger partial charge in [0.25, 0.3) is 0 Å². The lowest BCUT2D eigenvalue weighted by Crippen LogP contribution is -2.00. The van der Waals surface area contributed by atoms with Gasteiger partial charge in [-0.15, -0.1) is 0 Å². The summed E-state index contributed by atoms with van der Waals surface area (Å²) in [5, 5.41) is 17.9. The summed E-state index contributed by atoms with van der Waals surface area (Å²) in [6.45, 7) is 0.611. The Balaban J connectivity index is 1.84. The molecule has 6 heteroatoms. The highest BCUT2D eigenvalue weighted by Gasteiger charge is 2.06. The van der Waals surface area contributed by atoms with E-state index in [-0.39, 0.29) is 0 Å². The van der Waals surface area contributed by atoms with Gasteiger partial charge in [-0.25, -0.2) is 4.98 Å². The molecule has 0 unspecified atom stereocenters. The molecule has 0 saturated carbocycles. The van der Waals surface area contributed by atoms with Gasteiger partial charge in [0, 0.05) is 25.5 Å². The molecule has 0 fully saturated rings. The second kappa shape index (κ2) is 5.43. The van der Waals surface area contributed by atoms with Gasteiger partial charge in [-0.05, 0) is 23.8 Å². The van der Waals surface area contributed by atoms with Crippen molar-refractivity contribution in [2.45, 2.75) is 6.54 Å². The zero-order valence-electron chi connectivity index (χ0n) is 11.3. The number of benzene rings is 1. The SMILES string of the molecule is Cn1ncc2c(NCc3ccc(C#N)c(Cl)c3)ccnc21. The summed E-state index contributed by atoms with van der Waals surface area (Å²) in [5.41, 5.74) is 3.29. The molecule has 0 amide bonds. The predicted molar refractivity (Wildman–Crippen MR) is 82.0 cm³/mol. The lowest BCUT2D eigenvalue weighted by Gasteiger charge is -2.08. The molecule has 1 N–H and O–H groups in total. The number of nitrogens with zero attached hydrogens (tertiary/aromatic N) is 4. The maximum absolute atomic E-state index is 8.87. The zero-order valence-corrected chi connectivity index (χ0v) is 12.1. The summed E-state index contributed by atoms with van der Waals surface area (Å²) in [6.07, 6.45) is 3.54. The van der Waals surface area contributed by atoms with Crippen LogP contribution in [0.25, 0.3) is 11.0 Å². The predicted octanol–water partition coefficient (Wildman–Crippen LogP) is 3.11. The topological polar surface area (TPSA) is 66.5 Å². The molecule has 21 heavy (non-hydrogen) atoms. The third-order valence-corrected chi connectivity index (χ3v) is 3.59. The van der Waals surface area contributed by atoms with Crippen LogP contribution in [0.1, 0.15) is 11.1 Å². The number of rotatable bonds is 3. The number of hydrogen-bond donors (Lipinski definition) is 1. The van der Waals surface area contributed by atoms with E-state index in [9.17, 15) is 0 Å². The first-order chi connectivity index (χ1) is 10.2.